The Morgan fingerprint density at radius 2 is 0.920 bits per heavy atom. The van der Waals surface area contributed by atoms with Crippen LogP contribution in [0.5, 0.6) is 0 Å². The molecule has 5 rings (SSSR count). The fourth-order valence-electron chi connectivity index (χ4n) is 7.72. The van der Waals surface area contributed by atoms with E-state index in [-0.39, 0.29) is 24.0 Å². The number of aliphatic hydroxyl groups excluding tert-OH is 2. The summed E-state index contributed by atoms with van der Waals surface area (Å²) < 4.78 is 24.4. The average Bonchev–Trinajstić information content (AvgIpc) is 3.11. The van der Waals surface area contributed by atoms with Crippen molar-refractivity contribution in [2.45, 2.75) is 75.8 Å². The van der Waals surface area contributed by atoms with E-state index in [4.69, 9.17) is 18.8 Å². The minimum absolute atomic E-state index is 0.151. The van der Waals surface area contributed by atoms with Crippen molar-refractivity contribution >= 4 is 15.4 Å². The van der Waals surface area contributed by atoms with Crippen LogP contribution < -0.4 is 0 Å². The number of hydrogen-bond acceptors (Lipinski definition) is 8. The summed E-state index contributed by atoms with van der Waals surface area (Å²) in [6, 6.07) is 28.0. The van der Waals surface area contributed by atoms with Gasteiger partial charge in [0, 0.05) is 25.3 Å². The zero-order chi connectivity index (χ0) is 36.5. The number of methoxy groups -OCH3 is 2. The summed E-state index contributed by atoms with van der Waals surface area (Å²) >= 11 is 0. The molecular weight excluding hydrogens is 630 g/mol. The first-order valence-electron chi connectivity index (χ1n) is 16.8. The molecule has 262 valence electrons. The third-order valence-electron chi connectivity index (χ3n) is 9.90. The van der Waals surface area contributed by atoms with Crippen LogP contribution in [0.4, 0.5) is 0 Å². The molecule has 4 aromatic rings. The highest BCUT2D eigenvalue weighted by atomic mass is 16.6. The highest BCUT2D eigenvalue weighted by Crippen LogP contribution is 2.63. The molecule has 0 aliphatic heterocycles. The van der Waals surface area contributed by atoms with Crippen LogP contribution in [0.25, 0.3) is 11.1 Å². The predicted molar refractivity (Wildman–Crippen MR) is 196 cm³/mol. The number of ether oxygens (including phenoxy) is 2. The monoisotopic (exact) mass is 678 g/mol. The number of rotatable bonds is 12. The van der Waals surface area contributed by atoms with Gasteiger partial charge in [-0.3, -0.25) is 0 Å². The first kappa shape index (κ1) is 37.9. The van der Waals surface area contributed by atoms with Crippen LogP contribution in [0.1, 0.15) is 98.3 Å². The van der Waals surface area contributed by atoms with E-state index in [9.17, 15) is 20.3 Å². The molecule has 0 bridgehead atoms. The van der Waals surface area contributed by atoms with Crippen molar-refractivity contribution in [3.05, 3.63) is 129 Å². The highest BCUT2D eigenvalue weighted by Gasteiger charge is 2.63. The average molecular weight is 678 g/mol. The second-order valence-corrected chi connectivity index (χ2v) is 14.9. The van der Waals surface area contributed by atoms with E-state index >= 15 is 0 Å². The van der Waals surface area contributed by atoms with Crippen molar-refractivity contribution in [1.29, 1.82) is 0 Å². The molecule has 0 heterocycles. The van der Waals surface area contributed by atoms with Crippen molar-refractivity contribution in [2.75, 3.05) is 27.4 Å². The summed E-state index contributed by atoms with van der Waals surface area (Å²) in [6.07, 6.45) is -2.12. The molecule has 0 saturated heterocycles. The number of aliphatic hydroxyl groups is 2. The van der Waals surface area contributed by atoms with Crippen LogP contribution in [-0.2, 0) is 40.8 Å². The zero-order valence-electron chi connectivity index (χ0n) is 30.2. The fraction of sp³-hybridized carbons (Fsp3) is 0.400. The molecule has 50 heavy (non-hydrogen) atoms. The van der Waals surface area contributed by atoms with Crippen molar-refractivity contribution < 1.29 is 39.0 Å². The zero-order valence-corrected chi connectivity index (χ0v) is 30.2. The van der Waals surface area contributed by atoms with Gasteiger partial charge in [0.15, 0.2) is 11.2 Å². The molecule has 10 heteroatoms. The first-order chi connectivity index (χ1) is 23.7. The SMILES string of the molecule is COC1(c2ccccc2C(C)(C)C)c2cc(C(O)CO[B]O)ccc2-c2ccc(C(O)CO[B]O)cc2C1(OC)c1ccccc1C(C)(C)C. The minimum atomic E-state index is -1.38. The van der Waals surface area contributed by atoms with Crippen LogP contribution in [-0.4, -0.2) is 63.1 Å². The lowest BCUT2D eigenvalue weighted by Crippen LogP contribution is -2.57. The van der Waals surface area contributed by atoms with E-state index < -0.39 is 23.4 Å². The van der Waals surface area contributed by atoms with Gasteiger partial charge in [0.2, 0.25) is 0 Å². The Labute approximate surface area is 297 Å². The molecule has 8 nitrogen and oxygen atoms in total. The number of fused-ring (bicyclic) bond motifs is 3. The molecule has 0 amide bonds. The molecular formula is C40H48B2O8. The summed E-state index contributed by atoms with van der Waals surface area (Å²) in [5.74, 6) is 0. The summed E-state index contributed by atoms with van der Waals surface area (Å²) in [4.78, 5) is 0. The van der Waals surface area contributed by atoms with Crippen molar-refractivity contribution in [1.82, 2.24) is 0 Å². The molecule has 1 aliphatic rings. The maximum atomic E-state index is 11.3. The van der Waals surface area contributed by atoms with E-state index in [2.05, 4.69) is 65.8 Å². The van der Waals surface area contributed by atoms with Crippen LogP contribution in [0.15, 0.2) is 84.9 Å². The van der Waals surface area contributed by atoms with Gasteiger partial charge in [-0.15, -0.1) is 0 Å². The Hall–Kier alpha value is -3.31. The van der Waals surface area contributed by atoms with Gasteiger partial charge >= 0.3 is 15.4 Å². The van der Waals surface area contributed by atoms with Crippen molar-refractivity contribution in [3.8, 4) is 11.1 Å². The maximum Gasteiger partial charge on any atom is 0.485 e. The van der Waals surface area contributed by atoms with Gasteiger partial charge in [0.25, 0.3) is 0 Å². The normalized spacial score (nSPS) is 20.1. The second-order valence-electron chi connectivity index (χ2n) is 14.9. The molecule has 4 unspecified atom stereocenters. The van der Waals surface area contributed by atoms with Gasteiger partial charge < -0.3 is 39.0 Å². The molecule has 4 atom stereocenters. The van der Waals surface area contributed by atoms with Crippen LogP contribution in [0, 0.1) is 0 Å². The standard InChI is InChI=1S/C40H48B2O8/c1-37(2,3)29-13-9-11-15-31(29)39(47-7)33-21-25(35(43)23-49-41-45)17-19-27(33)28-20-18-26(36(44)24-50-42-46)22-34(28)40(39,48-8)32-16-12-10-14-30(32)38(4,5)6/h9-22,35-36,43-46H,23-24H2,1-8H3. The quantitative estimate of drug-likeness (QED) is 0.137. The topological polar surface area (TPSA) is 118 Å². The fourth-order valence-corrected chi connectivity index (χ4v) is 7.72. The van der Waals surface area contributed by atoms with E-state index in [0.29, 0.717) is 26.5 Å². The Morgan fingerprint density at radius 1 is 0.560 bits per heavy atom. The van der Waals surface area contributed by atoms with Gasteiger partial charge in [-0.05, 0) is 67.5 Å². The summed E-state index contributed by atoms with van der Waals surface area (Å²) in [5.41, 5.74) is 4.81. The largest absolute Gasteiger partial charge is 0.485 e. The molecule has 1 aliphatic carbocycles. The van der Waals surface area contributed by atoms with E-state index in [0.717, 1.165) is 44.5 Å². The van der Waals surface area contributed by atoms with E-state index in [1.807, 2.05) is 60.7 Å². The third-order valence-corrected chi connectivity index (χ3v) is 9.90. The van der Waals surface area contributed by atoms with Crippen molar-refractivity contribution in [2.24, 2.45) is 0 Å². The summed E-state index contributed by atoms with van der Waals surface area (Å²) in [7, 11) is 4.54. The molecule has 0 fully saturated rings. The third kappa shape index (κ3) is 6.37. The predicted octanol–water partition coefficient (Wildman–Crippen LogP) is 5.90. The Morgan fingerprint density at radius 3 is 1.24 bits per heavy atom. The lowest BCUT2D eigenvalue weighted by molar-refractivity contribution is -0.156. The molecule has 0 saturated carbocycles. The molecule has 4 aromatic carbocycles. The highest BCUT2D eigenvalue weighted by molar-refractivity contribution is 6.16. The molecule has 0 spiro atoms. The summed E-state index contributed by atoms with van der Waals surface area (Å²) in [6.45, 7) is 12.7. The Bertz CT molecular complexity index is 1670. The summed E-state index contributed by atoms with van der Waals surface area (Å²) in [5, 5.41) is 41.0. The van der Waals surface area contributed by atoms with E-state index in [1.54, 1.807) is 14.2 Å². The first-order valence-corrected chi connectivity index (χ1v) is 16.8. The van der Waals surface area contributed by atoms with Gasteiger partial charge in [-0.2, -0.15) is 0 Å². The Kier molecular flexibility index (Phi) is 11.2. The van der Waals surface area contributed by atoms with Crippen LogP contribution >= 0.6 is 0 Å². The second kappa shape index (κ2) is 14.7. The van der Waals surface area contributed by atoms with E-state index in [1.165, 1.54) is 0 Å². The van der Waals surface area contributed by atoms with Crippen LogP contribution in [0.2, 0.25) is 0 Å². The van der Waals surface area contributed by atoms with Gasteiger partial charge in [0.05, 0.1) is 13.2 Å². The smallest absolute Gasteiger partial charge is 0.429 e. The maximum absolute atomic E-state index is 11.3. The Balaban J connectivity index is 2.05. The molecule has 2 radical (unpaired) electrons. The van der Waals surface area contributed by atoms with Gasteiger partial charge in [-0.25, -0.2) is 0 Å². The minimum Gasteiger partial charge on any atom is -0.429 e. The lowest BCUT2D eigenvalue weighted by atomic mass is 9.56. The van der Waals surface area contributed by atoms with Gasteiger partial charge in [0.1, 0.15) is 12.2 Å². The lowest BCUT2D eigenvalue weighted by Gasteiger charge is -2.55. The van der Waals surface area contributed by atoms with Crippen LogP contribution in [0.3, 0.4) is 0 Å². The molecule has 4 N–H and O–H groups in total. The molecule has 0 aromatic heterocycles. The number of hydrogen-bond donors (Lipinski definition) is 4. The van der Waals surface area contributed by atoms with Gasteiger partial charge in [-0.1, -0.05) is 114 Å². The van der Waals surface area contributed by atoms with Crippen molar-refractivity contribution in [3.63, 3.8) is 0 Å². The number of benzene rings is 4.